The maximum Gasteiger partial charge on any atom is 0.326 e. The van der Waals surface area contributed by atoms with E-state index in [-0.39, 0.29) is 12.3 Å². The zero-order chi connectivity index (χ0) is 22.0. The van der Waals surface area contributed by atoms with Crippen LogP contribution in [-0.2, 0) is 25.6 Å². The molecule has 4 unspecified atom stereocenters. The molecular formula is C17H28N6O6. The predicted molar refractivity (Wildman–Crippen MR) is 101 cm³/mol. The number of carboxylic acids is 1. The minimum Gasteiger partial charge on any atom is -0.480 e. The second-order valence-electron chi connectivity index (χ2n) is 6.62. The second kappa shape index (κ2) is 11.8. The van der Waals surface area contributed by atoms with Crippen molar-refractivity contribution >= 4 is 23.7 Å². The van der Waals surface area contributed by atoms with Crippen molar-refractivity contribution in [2.45, 2.75) is 44.8 Å². The number of aromatic nitrogens is 2. The molecule has 1 heterocycles. The topological polar surface area (TPSA) is 200 Å². The van der Waals surface area contributed by atoms with E-state index >= 15 is 0 Å². The number of carboxylic acid groups (broad SMARTS) is 1. The molecule has 0 aliphatic carbocycles. The molecule has 4 atom stereocenters. The Kier molecular flexibility index (Phi) is 9.75. The fraction of sp³-hybridized carbons (Fsp3) is 0.588. The van der Waals surface area contributed by atoms with Crippen LogP contribution in [0.25, 0.3) is 0 Å². The summed E-state index contributed by atoms with van der Waals surface area (Å²) in [7, 11) is 0. The summed E-state index contributed by atoms with van der Waals surface area (Å²) in [4.78, 5) is 54.0. The highest BCUT2D eigenvalue weighted by Crippen LogP contribution is 2.08. The van der Waals surface area contributed by atoms with Crippen molar-refractivity contribution in [2.24, 2.45) is 11.7 Å². The zero-order valence-electron chi connectivity index (χ0n) is 16.3. The Morgan fingerprint density at radius 1 is 1.24 bits per heavy atom. The molecule has 12 heteroatoms. The Labute approximate surface area is 167 Å². The van der Waals surface area contributed by atoms with Gasteiger partial charge in [0.2, 0.25) is 17.7 Å². The minimum absolute atomic E-state index is 0.196. The van der Waals surface area contributed by atoms with E-state index in [9.17, 15) is 29.4 Å². The lowest BCUT2D eigenvalue weighted by atomic mass is 9.99. The van der Waals surface area contributed by atoms with Crippen LogP contribution in [0.2, 0.25) is 0 Å². The van der Waals surface area contributed by atoms with E-state index in [4.69, 9.17) is 5.73 Å². The summed E-state index contributed by atoms with van der Waals surface area (Å²) in [5.41, 5.74) is 6.40. The highest BCUT2D eigenvalue weighted by molar-refractivity contribution is 5.92. The summed E-state index contributed by atoms with van der Waals surface area (Å²) in [6.07, 6.45) is 3.68. The Morgan fingerprint density at radius 2 is 1.93 bits per heavy atom. The number of imidazole rings is 1. The predicted octanol–water partition coefficient (Wildman–Crippen LogP) is -2.51. The molecule has 1 rings (SSSR count). The van der Waals surface area contributed by atoms with Gasteiger partial charge in [0.25, 0.3) is 0 Å². The van der Waals surface area contributed by atoms with Gasteiger partial charge in [0.05, 0.1) is 25.5 Å². The third-order valence-corrected chi connectivity index (χ3v) is 4.37. The van der Waals surface area contributed by atoms with Gasteiger partial charge in [-0.15, -0.1) is 0 Å². The van der Waals surface area contributed by atoms with Crippen molar-refractivity contribution in [2.75, 3.05) is 13.2 Å². The molecular weight excluding hydrogens is 384 g/mol. The van der Waals surface area contributed by atoms with Crippen LogP contribution >= 0.6 is 0 Å². The summed E-state index contributed by atoms with van der Waals surface area (Å²) in [6.45, 7) is 2.23. The number of aliphatic carboxylic acids is 1. The number of hydrogen-bond donors (Lipinski definition) is 7. The lowest BCUT2D eigenvalue weighted by Crippen LogP contribution is -2.56. The highest BCUT2D eigenvalue weighted by Gasteiger charge is 2.29. The van der Waals surface area contributed by atoms with Crippen LogP contribution in [0.4, 0.5) is 0 Å². The number of nitrogens with two attached hydrogens (primary N) is 1. The van der Waals surface area contributed by atoms with Crippen molar-refractivity contribution < 1.29 is 29.4 Å². The maximum atomic E-state index is 12.2. The third-order valence-electron chi connectivity index (χ3n) is 4.37. The monoisotopic (exact) mass is 412 g/mol. The number of aliphatic hydroxyl groups is 1. The van der Waals surface area contributed by atoms with Crippen LogP contribution < -0.4 is 21.7 Å². The fourth-order valence-corrected chi connectivity index (χ4v) is 2.40. The maximum absolute atomic E-state index is 12.2. The Bertz CT molecular complexity index is 695. The number of carbonyl (C=O) groups is 4. The van der Waals surface area contributed by atoms with E-state index in [0.29, 0.717) is 12.1 Å². The number of aromatic amines is 1. The van der Waals surface area contributed by atoms with Gasteiger partial charge in [-0.3, -0.25) is 14.4 Å². The van der Waals surface area contributed by atoms with Crippen LogP contribution in [0.5, 0.6) is 0 Å². The quantitative estimate of drug-likeness (QED) is 0.195. The Hall–Kier alpha value is -2.99. The van der Waals surface area contributed by atoms with Crippen LogP contribution in [0.15, 0.2) is 12.5 Å². The van der Waals surface area contributed by atoms with E-state index in [1.165, 1.54) is 12.5 Å². The molecule has 162 valence electrons. The second-order valence-corrected chi connectivity index (χ2v) is 6.62. The van der Waals surface area contributed by atoms with Gasteiger partial charge in [0.15, 0.2) is 0 Å². The number of hydrogen-bond acceptors (Lipinski definition) is 7. The van der Waals surface area contributed by atoms with Gasteiger partial charge in [-0.05, 0) is 5.92 Å². The van der Waals surface area contributed by atoms with Crippen LogP contribution in [-0.4, -0.2) is 75.1 Å². The van der Waals surface area contributed by atoms with E-state index in [2.05, 4.69) is 25.9 Å². The van der Waals surface area contributed by atoms with Gasteiger partial charge in [-0.2, -0.15) is 0 Å². The summed E-state index contributed by atoms with van der Waals surface area (Å²) in [5, 5.41) is 25.5. The summed E-state index contributed by atoms with van der Waals surface area (Å²) in [5.74, 6) is -3.72. The smallest absolute Gasteiger partial charge is 0.326 e. The molecule has 0 spiro atoms. The first-order chi connectivity index (χ1) is 13.7. The molecule has 1 aromatic heterocycles. The molecule has 1 aromatic rings. The number of carbonyl (C=O) groups excluding carboxylic acids is 3. The Morgan fingerprint density at radius 3 is 2.45 bits per heavy atom. The molecule has 0 saturated carbocycles. The summed E-state index contributed by atoms with van der Waals surface area (Å²) in [6, 6.07) is -3.42. The van der Waals surface area contributed by atoms with E-state index in [0.717, 1.165) is 0 Å². The van der Waals surface area contributed by atoms with Crippen molar-refractivity contribution in [1.29, 1.82) is 0 Å². The summed E-state index contributed by atoms with van der Waals surface area (Å²) >= 11 is 0. The molecule has 0 saturated heterocycles. The molecule has 8 N–H and O–H groups in total. The first kappa shape index (κ1) is 24.0. The molecule has 0 bridgehead atoms. The van der Waals surface area contributed by atoms with Gasteiger partial charge in [-0.25, -0.2) is 9.78 Å². The number of nitrogens with one attached hydrogen (secondary N) is 4. The molecule has 0 aliphatic heterocycles. The standard InChI is InChI=1S/C17H28N6O6/c1-3-9(2)14(17(28)29)23-16(27)12(7-24)22-13(25)6-20-15(26)11(18)4-10-5-19-8-21-10/h5,8-9,11-12,14,24H,3-4,6-7,18H2,1-2H3,(H,19,21)(H,20,26)(H,22,25)(H,23,27)(H,28,29). The number of nitrogens with zero attached hydrogens (tertiary/aromatic N) is 1. The average molecular weight is 412 g/mol. The van der Waals surface area contributed by atoms with Crippen LogP contribution in [0.1, 0.15) is 26.0 Å². The van der Waals surface area contributed by atoms with Crippen molar-refractivity contribution in [3.05, 3.63) is 18.2 Å². The van der Waals surface area contributed by atoms with Crippen LogP contribution in [0.3, 0.4) is 0 Å². The van der Waals surface area contributed by atoms with Gasteiger partial charge in [-0.1, -0.05) is 20.3 Å². The van der Waals surface area contributed by atoms with Gasteiger partial charge >= 0.3 is 5.97 Å². The largest absolute Gasteiger partial charge is 0.480 e. The van der Waals surface area contributed by atoms with E-state index in [1.54, 1.807) is 13.8 Å². The average Bonchev–Trinajstić information content (AvgIpc) is 3.20. The molecule has 0 aliphatic rings. The number of amides is 3. The number of aliphatic hydroxyl groups excluding tert-OH is 1. The van der Waals surface area contributed by atoms with Crippen molar-refractivity contribution in [3.63, 3.8) is 0 Å². The van der Waals surface area contributed by atoms with Gasteiger partial charge in [0, 0.05) is 18.3 Å². The fourth-order valence-electron chi connectivity index (χ4n) is 2.40. The van der Waals surface area contributed by atoms with Gasteiger partial charge < -0.3 is 36.9 Å². The molecule has 0 fully saturated rings. The zero-order valence-corrected chi connectivity index (χ0v) is 16.3. The van der Waals surface area contributed by atoms with Crippen molar-refractivity contribution in [3.8, 4) is 0 Å². The first-order valence-corrected chi connectivity index (χ1v) is 9.13. The normalized spacial score (nSPS) is 14.9. The number of rotatable bonds is 12. The Balaban J connectivity index is 2.51. The van der Waals surface area contributed by atoms with Crippen LogP contribution in [0, 0.1) is 5.92 Å². The third kappa shape index (κ3) is 7.87. The molecule has 12 nitrogen and oxygen atoms in total. The lowest BCUT2D eigenvalue weighted by molar-refractivity contribution is -0.144. The molecule has 0 aromatic carbocycles. The lowest BCUT2D eigenvalue weighted by Gasteiger charge is -2.23. The SMILES string of the molecule is CCC(C)C(NC(=O)C(CO)NC(=O)CNC(=O)C(N)Cc1cnc[nH]1)C(=O)O. The number of H-pyrrole nitrogens is 1. The van der Waals surface area contributed by atoms with E-state index in [1.807, 2.05) is 0 Å². The minimum atomic E-state index is -1.36. The van der Waals surface area contributed by atoms with Gasteiger partial charge in [0.1, 0.15) is 12.1 Å². The van der Waals surface area contributed by atoms with Crippen molar-refractivity contribution in [1.82, 2.24) is 25.9 Å². The van der Waals surface area contributed by atoms with E-state index < -0.39 is 55.0 Å². The molecule has 29 heavy (non-hydrogen) atoms. The first-order valence-electron chi connectivity index (χ1n) is 9.13. The highest BCUT2D eigenvalue weighted by atomic mass is 16.4. The molecule has 3 amide bonds. The molecule has 0 radical (unpaired) electrons. The summed E-state index contributed by atoms with van der Waals surface area (Å²) < 4.78 is 0.